The van der Waals surface area contributed by atoms with Crippen molar-refractivity contribution in [2.75, 3.05) is 18.4 Å². The number of amides is 1. The molecule has 0 saturated heterocycles. The van der Waals surface area contributed by atoms with Gasteiger partial charge in [0, 0.05) is 12.5 Å². The summed E-state index contributed by atoms with van der Waals surface area (Å²) in [7, 11) is 0. The van der Waals surface area contributed by atoms with Gasteiger partial charge in [0.2, 0.25) is 5.91 Å². The second-order valence-corrected chi connectivity index (χ2v) is 3.56. The SMILES string of the molecule is CCNCC(C)C(=O)Nc1ccc(F)cn1. The van der Waals surface area contributed by atoms with Gasteiger partial charge in [-0.15, -0.1) is 0 Å². The van der Waals surface area contributed by atoms with Crippen LogP contribution in [0.4, 0.5) is 10.2 Å². The Hall–Kier alpha value is -1.49. The van der Waals surface area contributed by atoms with Crippen molar-refractivity contribution >= 4 is 11.7 Å². The van der Waals surface area contributed by atoms with E-state index in [1.807, 2.05) is 13.8 Å². The average molecular weight is 225 g/mol. The minimum Gasteiger partial charge on any atom is -0.316 e. The molecule has 88 valence electrons. The Morgan fingerprint density at radius 1 is 1.56 bits per heavy atom. The van der Waals surface area contributed by atoms with E-state index in [0.29, 0.717) is 12.4 Å². The number of halogens is 1. The van der Waals surface area contributed by atoms with E-state index < -0.39 is 5.82 Å². The molecule has 1 aromatic heterocycles. The third kappa shape index (κ3) is 3.94. The third-order valence-electron chi connectivity index (χ3n) is 2.13. The van der Waals surface area contributed by atoms with Crippen LogP contribution in [0.15, 0.2) is 18.3 Å². The maximum absolute atomic E-state index is 12.6. The van der Waals surface area contributed by atoms with Crippen LogP contribution in [0.3, 0.4) is 0 Å². The highest BCUT2D eigenvalue weighted by molar-refractivity contribution is 5.91. The number of hydrogen-bond donors (Lipinski definition) is 2. The fourth-order valence-electron chi connectivity index (χ4n) is 1.15. The first-order valence-electron chi connectivity index (χ1n) is 5.26. The number of carbonyl (C=O) groups is 1. The Kier molecular flexibility index (Phi) is 4.85. The first-order valence-corrected chi connectivity index (χ1v) is 5.26. The number of rotatable bonds is 5. The quantitative estimate of drug-likeness (QED) is 0.796. The number of nitrogens with zero attached hydrogens (tertiary/aromatic N) is 1. The van der Waals surface area contributed by atoms with E-state index in [9.17, 15) is 9.18 Å². The van der Waals surface area contributed by atoms with Crippen LogP contribution < -0.4 is 10.6 Å². The number of nitrogens with one attached hydrogen (secondary N) is 2. The lowest BCUT2D eigenvalue weighted by atomic mass is 10.1. The fourth-order valence-corrected chi connectivity index (χ4v) is 1.15. The van der Waals surface area contributed by atoms with Crippen molar-refractivity contribution in [3.63, 3.8) is 0 Å². The Morgan fingerprint density at radius 2 is 2.31 bits per heavy atom. The van der Waals surface area contributed by atoms with E-state index >= 15 is 0 Å². The zero-order chi connectivity index (χ0) is 12.0. The van der Waals surface area contributed by atoms with Gasteiger partial charge in [0.05, 0.1) is 6.20 Å². The molecule has 0 aliphatic rings. The Bertz CT molecular complexity index is 340. The summed E-state index contributed by atoms with van der Waals surface area (Å²) in [6.07, 6.45) is 1.07. The fraction of sp³-hybridized carbons (Fsp3) is 0.455. The van der Waals surface area contributed by atoms with E-state index in [4.69, 9.17) is 0 Å². The maximum Gasteiger partial charge on any atom is 0.229 e. The number of pyridine rings is 1. The van der Waals surface area contributed by atoms with Crippen LogP contribution >= 0.6 is 0 Å². The molecule has 5 heteroatoms. The highest BCUT2D eigenvalue weighted by Gasteiger charge is 2.12. The van der Waals surface area contributed by atoms with Gasteiger partial charge in [-0.2, -0.15) is 0 Å². The molecular weight excluding hydrogens is 209 g/mol. The van der Waals surface area contributed by atoms with E-state index in [1.165, 1.54) is 12.1 Å². The molecule has 1 heterocycles. The molecular formula is C11H16FN3O. The van der Waals surface area contributed by atoms with Gasteiger partial charge in [-0.05, 0) is 18.7 Å². The second kappa shape index (κ2) is 6.17. The van der Waals surface area contributed by atoms with Crippen LogP contribution in [0, 0.1) is 11.7 Å². The molecule has 4 nitrogen and oxygen atoms in total. The molecule has 1 aromatic rings. The number of aromatic nitrogens is 1. The van der Waals surface area contributed by atoms with Crippen molar-refractivity contribution in [3.05, 3.63) is 24.1 Å². The van der Waals surface area contributed by atoms with E-state index in [-0.39, 0.29) is 11.8 Å². The largest absolute Gasteiger partial charge is 0.316 e. The molecule has 0 radical (unpaired) electrons. The zero-order valence-electron chi connectivity index (χ0n) is 9.46. The molecule has 0 saturated carbocycles. The Labute approximate surface area is 94.3 Å². The lowest BCUT2D eigenvalue weighted by molar-refractivity contribution is -0.119. The van der Waals surface area contributed by atoms with Crippen molar-refractivity contribution < 1.29 is 9.18 Å². The molecule has 2 N–H and O–H groups in total. The summed E-state index contributed by atoms with van der Waals surface area (Å²) in [5.41, 5.74) is 0. The molecule has 1 rings (SSSR count). The van der Waals surface area contributed by atoms with Gasteiger partial charge in [0.25, 0.3) is 0 Å². The Balaban J connectivity index is 2.47. The highest BCUT2D eigenvalue weighted by atomic mass is 19.1. The standard InChI is InChI=1S/C11H16FN3O/c1-3-13-6-8(2)11(16)15-10-5-4-9(12)7-14-10/h4-5,7-8,13H,3,6H2,1-2H3,(H,14,15,16). The van der Waals surface area contributed by atoms with Crippen LogP contribution in [0.2, 0.25) is 0 Å². The van der Waals surface area contributed by atoms with Crippen molar-refractivity contribution in [2.45, 2.75) is 13.8 Å². The van der Waals surface area contributed by atoms with Crippen LogP contribution in [-0.2, 0) is 4.79 Å². The van der Waals surface area contributed by atoms with E-state index in [2.05, 4.69) is 15.6 Å². The monoisotopic (exact) mass is 225 g/mol. The average Bonchev–Trinajstić information content (AvgIpc) is 2.29. The first kappa shape index (κ1) is 12.6. The predicted molar refractivity (Wildman–Crippen MR) is 60.5 cm³/mol. The maximum atomic E-state index is 12.6. The van der Waals surface area contributed by atoms with Crippen LogP contribution in [0.25, 0.3) is 0 Å². The van der Waals surface area contributed by atoms with Gasteiger partial charge >= 0.3 is 0 Å². The molecule has 0 spiro atoms. The molecule has 1 amide bonds. The summed E-state index contributed by atoms with van der Waals surface area (Å²) >= 11 is 0. The smallest absolute Gasteiger partial charge is 0.229 e. The van der Waals surface area contributed by atoms with Crippen molar-refractivity contribution in [1.29, 1.82) is 0 Å². The van der Waals surface area contributed by atoms with Crippen molar-refractivity contribution in [3.8, 4) is 0 Å². The van der Waals surface area contributed by atoms with Gasteiger partial charge in [0.15, 0.2) is 0 Å². The molecule has 0 fully saturated rings. The van der Waals surface area contributed by atoms with Gasteiger partial charge in [-0.25, -0.2) is 9.37 Å². The summed E-state index contributed by atoms with van der Waals surface area (Å²) in [5, 5.41) is 5.70. The predicted octanol–water partition coefficient (Wildman–Crippen LogP) is 1.40. The first-order chi connectivity index (χ1) is 7.63. The van der Waals surface area contributed by atoms with Gasteiger partial charge in [-0.3, -0.25) is 4.79 Å². The van der Waals surface area contributed by atoms with Gasteiger partial charge in [0.1, 0.15) is 11.6 Å². The molecule has 0 aliphatic heterocycles. The van der Waals surface area contributed by atoms with Gasteiger partial charge < -0.3 is 10.6 Å². The third-order valence-corrected chi connectivity index (χ3v) is 2.13. The zero-order valence-corrected chi connectivity index (χ0v) is 9.46. The molecule has 0 aromatic carbocycles. The molecule has 1 atom stereocenters. The van der Waals surface area contributed by atoms with Crippen molar-refractivity contribution in [2.24, 2.45) is 5.92 Å². The highest BCUT2D eigenvalue weighted by Crippen LogP contribution is 2.05. The van der Waals surface area contributed by atoms with Crippen LogP contribution in [-0.4, -0.2) is 24.0 Å². The minimum absolute atomic E-state index is 0.125. The summed E-state index contributed by atoms with van der Waals surface area (Å²) < 4.78 is 12.6. The second-order valence-electron chi connectivity index (χ2n) is 3.56. The number of hydrogen-bond acceptors (Lipinski definition) is 3. The minimum atomic E-state index is -0.418. The lowest BCUT2D eigenvalue weighted by Crippen LogP contribution is -2.30. The van der Waals surface area contributed by atoms with E-state index in [1.54, 1.807) is 0 Å². The molecule has 0 bridgehead atoms. The van der Waals surface area contributed by atoms with Crippen molar-refractivity contribution in [1.82, 2.24) is 10.3 Å². The summed E-state index contributed by atoms with van der Waals surface area (Å²) in [6, 6.07) is 2.70. The van der Waals surface area contributed by atoms with Crippen LogP contribution in [0.5, 0.6) is 0 Å². The van der Waals surface area contributed by atoms with E-state index in [0.717, 1.165) is 12.7 Å². The summed E-state index contributed by atoms with van der Waals surface area (Å²) in [6.45, 7) is 5.24. The molecule has 0 aliphatic carbocycles. The van der Waals surface area contributed by atoms with Gasteiger partial charge in [-0.1, -0.05) is 13.8 Å². The molecule has 16 heavy (non-hydrogen) atoms. The molecule has 1 unspecified atom stereocenters. The lowest BCUT2D eigenvalue weighted by Gasteiger charge is -2.11. The number of carbonyl (C=O) groups excluding carboxylic acids is 1. The topological polar surface area (TPSA) is 54.0 Å². The summed E-state index contributed by atoms with van der Waals surface area (Å²) in [4.78, 5) is 15.4. The normalized spacial score (nSPS) is 12.2. The Morgan fingerprint density at radius 3 is 2.88 bits per heavy atom. The van der Waals surface area contributed by atoms with Crippen LogP contribution in [0.1, 0.15) is 13.8 Å². The number of anilines is 1. The summed E-state index contributed by atoms with van der Waals surface area (Å²) in [5.74, 6) is -0.319.